The molecule has 0 unspecified atom stereocenters. The zero-order valence-corrected chi connectivity index (χ0v) is 14.0. The van der Waals surface area contributed by atoms with Crippen LogP contribution < -0.4 is 5.32 Å². The highest BCUT2D eigenvalue weighted by Gasteiger charge is 2.24. The number of benzene rings is 3. The highest BCUT2D eigenvalue weighted by atomic mass is 16.2. The average Bonchev–Trinajstić information content (AvgIpc) is 3.21. The van der Waals surface area contributed by atoms with Crippen LogP contribution in [0.15, 0.2) is 78.9 Å². The van der Waals surface area contributed by atoms with Crippen molar-refractivity contribution < 1.29 is 4.79 Å². The molecule has 2 N–H and O–H groups in total. The van der Waals surface area contributed by atoms with Gasteiger partial charge in [-0.05, 0) is 23.8 Å². The monoisotopic (exact) mass is 336 g/mol. The van der Waals surface area contributed by atoms with Gasteiger partial charge in [0.25, 0.3) is 5.91 Å². The Hall–Kier alpha value is -3.59. The molecule has 0 spiro atoms. The van der Waals surface area contributed by atoms with Crippen LogP contribution >= 0.6 is 0 Å². The van der Waals surface area contributed by atoms with Crippen molar-refractivity contribution in [1.29, 1.82) is 0 Å². The Bertz CT molecular complexity index is 1170. The van der Waals surface area contributed by atoms with Crippen molar-refractivity contribution in [2.75, 3.05) is 5.32 Å². The summed E-state index contributed by atoms with van der Waals surface area (Å²) in [4.78, 5) is 16.1. The lowest BCUT2D eigenvalue weighted by Gasteiger charge is -2.03. The van der Waals surface area contributed by atoms with E-state index in [1.807, 2.05) is 60.7 Å². The average molecular weight is 336 g/mol. The third-order valence-corrected chi connectivity index (χ3v) is 4.81. The van der Waals surface area contributed by atoms with Gasteiger partial charge in [-0.3, -0.25) is 4.79 Å². The second-order valence-electron chi connectivity index (χ2n) is 6.38. The fraction of sp³-hybridized carbons (Fsp3) is 0. The van der Waals surface area contributed by atoms with Crippen LogP contribution in [-0.4, -0.2) is 10.9 Å². The maximum atomic E-state index is 12.6. The molecule has 5 rings (SSSR count). The van der Waals surface area contributed by atoms with Crippen molar-refractivity contribution in [3.05, 3.63) is 90.0 Å². The van der Waals surface area contributed by atoms with Gasteiger partial charge >= 0.3 is 0 Å². The number of hydrogen-bond acceptors (Lipinski definition) is 1. The van der Waals surface area contributed by atoms with Crippen molar-refractivity contribution >= 4 is 34.1 Å². The maximum absolute atomic E-state index is 12.6. The minimum absolute atomic E-state index is 0.0597. The first-order valence-corrected chi connectivity index (χ1v) is 8.60. The molecule has 3 aromatic carbocycles. The van der Waals surface area contributed by atoms with Gasteiger partial charge in [0.1, 0.15) is 0 Å². The van der Waals surface area contributed by atoms with Crippen LogP contribution in [0.25, 0.3) is 33.8 Å². The molecule has 0 radical (unpaired) electrons. The maximum Gasteiger partial charge on any atom is 0.256 e. The zero-order chi connectivity index (χ0) is 17.5. The lowest BCUT2D eigenvalue weighted by Crippen LogP contribution is -2.03. The number of aromatic amines is 1. The molecule has 124 valence electrons. The van der Waals surface area contributed by atoms with Gasteiger partial charge in [-0.1, -0.05) is 66.7 Å². The summed E-state index contributed by atoms with van der Waals surface area (Å²) in [5.74, 6) is -0.0597. The van der Waals surface area contributed by atoms with Gasteiger partial charge in [-0.15, -0.1) is 0 Å². The fourth-order valence-corrected chi connectivity index (χ4v) is 3.57. The lowest BCUT2D eigenvalue weighted by molar-refractivity contribution is -0.110. The third-order valence-electron chi connectivity index (χ3n) is 4.81. The Morgan fingerprint density at radius 3 is 2.38 bits per heavy atom. The predicted octanol–water partition coefficient (Wildman–Crippen LogP) is 5.33. The van der Waals surface area contributed by atoms with Gasteiger partial charge in [-0.25, -0.2) is 0 Å². The Kier molecular flexibility index (Phi) is 3.25. The highest BCUT2D eigenvalue weighted by molar-refractivity contribution is 6.35. The van der Waals surface area contributed by atoms with E-state index in [0.717, 1.165) is 39.0 Å². The fourth-order valence-electron chi connectivity index (χ4n) is 3.57. The number of para-hydroxylation sites is 2. The van der Waals surface area contributed by atoms with Crippen molar-refractivity contribution in [3.8, 4) is 11.3 Å². The van der Waals surface area contributed by atoms with Crippen LogP contribution in [-0.2, 0) is 4.79 Å². The molecule has 0 bridgehead atoms. The van der Waals surface area contributed by atoms with E-state index < -0.39 is 0 Å². The SMILES string of the molecule is O=C1Nc2ccccc2/C1=C\c1c(-c2ccccc2)[nH]c2ccccc12. The van der Waals surface area contributed by atoms with E-state index in [4.69, 9.17) is 0 Å². The number of fused-ring (bicyclic) bond motifs is 2. The topological polar surface area (TPSA) is 44.9 Å². The summed E-state index contributed by atoms with van der Waals surface area (Å²) in [5.41, 5.74) is 6.73. The molecular weight excluding hydrogens is 320 g/mol. The van der Waals surface area contributed by atoms with E-state index in [2.05, 4.69) is 34.6 Å². The van der Waals surface area contributed by atoms with E-state index >= 15 is 0 Å². The van der Waals surface area contributed by atoms with Crippen LogP contribution in [0.5, 0.6) is 0 Å². The molecule has 0 saturated heterocycles. The van der Waals surface area contributed by atoms with Crippen LogP contribution in [0.3, 0.4) is 0 Å². The molecule has 26 heavy (non-hydrogen) atoms. The number of hydrogen-bond donors (Lipinski definition) is 2. The van der Waals surface area contributed by atoms with E-state index in [0.29, 0.717) is 5.57 Å². The number of carbonyl (C=O) groups excluding carboxylic acids is 1. The van der Waals surface area contributed by atoms with E-state index in [1.54, 1.807) is 0 Å². The summed E-state index contributed by atoms with van der Waals surface area (Å²) in [5, 5.41) is 4.06. The van der Waals surface area contributed by atoms with E-state index in [-0.39, 0.29) is 5.91 Å². The zero-order valence-electron chi connectivity index (χ0n) is 14.0. The predicted molar refractivity (Wildman–Crippen MR) is 107 cm³/mol. The number of carbonyl (C=O) groups is 1. The summed E-state index contributed by atoms with van der Waals surface area (Å²) >= 11 is 0. The first kappa shape index (κ1) is 14.7. The Morgan fingerprint density at radius 2 is 1.50 bits per heavy atom. The number of aromatic nitrogens is 1. The van der Waals surface area contributed by atoms with Crippen LogP contribution in [0.2, 0.25) is 0 Å². The summed E-state index contributed by atoms with van der Waals surface area (Å²) in [7, 11) is 0. The molecule has 1 aromatic heterocycles. The molecule has 0 saturated carbocycles. The standard InChI is InChI=1S/C23H16N2O/c26-23-19(17-11-5-7-13-21(17)25-23)14-18-16-10-4-6-12-20(16)24-22(18)15-8-2-1-3-9-15/h1-14,24H,(H,25,26)/b19-14+. The van der Waals surface area contributed by atoms with Crippen molar-refractivity contribution in [2.24, 2.45) is 0 Å². The Labute approximate surface area is 151 Å². The first-order chi connectivity index (χ1) is 12.8. The second-order valence-corrected chi connectivity index (χ2v) is 6.38. The molecule has 1 aliphatic heterocycles. The quantitative estimate of drug-likeness (QED) is 0.478. The molecule has 0 fully saturated rings. The molecule has 3 heteroatoms. The normalized spacial score (nSPS) is 14.6. The molecule has 2 heterocycles. The van der Waals surface area contributed by atoms with Crippen molar-refractivity contribution in [3.63, 3.8) is 0 Å². The van der Waals surface area contributed by atoms with Gasteiger partial charge in [0, 0.05) is 33.3 Å². The number of rotatable bonds is 2. The minimum Gasteiger partial charge on any atom is -0.354 e. The van der Waals surface area contributed by atoms with Crippen LogP contribution in [0.4, 0.5) is 5.69 Å². The number of nitrogens with one attached hydrogen (secondary N) is 2. The summed E-state index contributed by atoms with van der Waals surface area (Å²) in [6, 6.07) is 26.2. The van der Waals surface area contributed by atoms with E-state index in [1.165, 1.54) is 0 Å². The minimum atomic E-state index is -0.0597. The molecule has 1 aliphatic rings. The van der Waals surface area contributed by atoms with Crippen molar-refractivity contribution in [2.45, 2.75) is 0 Å². The van der Waals surface area contributed by atoms with Crippen molar-refractivity contribution in [1.82, 2.24) is 4.98 Å². The van der Waals surface area contributed by atoms with Gasteiger partial charge in [-0.2, -0.15) is 0 Å². The lowest BCUT2D eigenvalue weighted by atomic mass is 10.00. The summed E-state index contributed by atoms with van der Waals surface area (Å²) < 4.78 is 0. The highest BCUT2D eigenvalue weighted by Crippen LogP contribution is 2.37. The number of anilines is 1. The molecule has 0 atom stereocenters. The van der Waals surface area contributed by atoms with Crippen LogP contribution in [0.1, 0.15) is 11.1 Å². The third kappa shape index (κ3) is 2.25. The van der Waals surface area contributed by atoms with Crippen LogP contribution in [0, 0.1) is 0 Å². The number of amides is 1. The van der Waals surface area contributed by atoms with Gasteiger partial charge < -0.3 is 10.3 Å². The largest absolute Gasteiger partial charge is 0.354 e. The molecular formula is C23H16N2O. The van der Waals surface area contributed by atoms with E-state index in [9.17, 15) is 4.79 Å². The first-order valence-electron chi connectivity index (χ1n) is 8.60. The Balaban J connectivity index is 1.78. The van der Waals surface area contributed by atoms with Gasteiger partial charge in [0.05, 0.1) is 5.69 Å². The summed E-state index contributed by atoms with van der Waals surface area (Å²) in [6.45, 7) is 0. The molecule has 1 amide bonds. The molecule has 0 aliphatic carbocycles. The van der Waals surface area contributed by atoms with Gasteiger partial charge in [0.2, 0.25) is 0 Å². The van der Waals surface area contributed by atoms with Gasteiger partial charge in [0.15, 0.2) is 0 Å². The number of H-pyrrole nitrogens is 1. The second kappa shape index (κ2) is 5.74. The molecule has 3 nitrogen and oxygen atoms in total. The molecule has 4 aromatic rings. The smallest absolute Gasteiger partial charge is 0.256 e. The Morgan fingerprint density at radius 1 is 0.769 bits per heavy atom. The summed E-state index contributed by atoms with van der Waals surface area (Å²) in [6.07, 6.45) is 2.00.